The number of hydrogen-bond donors (Lipinski definition) is 0. The molecule has 70 valence electrons. The molecule has 0 aromatic heterocycles. The van der Waals surface area contributed by atoms with Gasteiger partial charge in [0.05, 0.1) is 12.4 Å². The lowest BCUT2D eigenvalue weighted by Crippen LogP contribution is -1.96. The van der Waals surface area contributed by atoms with E-state index in [9.17, 15) is 0 Å². The fraction of sp³-hybridized carbons (Fsp3) is 0.333. The molecular weight excluding hydrogens is 160 g/mol. The average molecular weight is 176 g/mol. The number of aryl methyl sites for hydroxylation is 1. The zero-order chi connectivity index (χ0) is 9.68. The summed E-state index contributed by atoms with van der Waals surface area (Å²) in [6.07, 6.45) is 0.952. The van der Waals surface area contributed by atoms with Gasteiger partial charge in [-0.2, -0.15) is 0 Å². The van der Waals surface area contributed by atoms with Crippen molar-refractivity contribution in [3.63, 3.8) is 0 Å². The minimum absolute atomic E-state index is 0.721. The van der Waals surface area contributed by atoms with E-state index in [0.717, 1.165) is 18.8 Å². The van der Waals surface area contributed by atoms with Crippen molar-refractivity contribution in [2.75, 3.05) is 6.61 Å². The van der Waals surface area contributed by atoms with Crippen LogP contribution in [0.3, 0.4) is 0 Å². The Balaban J connectivity index is 2.37. The van der Waals surface area contributed by atoms with Crippen LogP contribution in [0.5, 0.6) is 0 Å². The minimum atomic E-state index is 0.721. The van der Waals surface area contributed by atoms with Crippen molar-refractivity contribution in [2.45, 2.75) is 20.3 Å². The summed E-state index contributed by atoms with van der Waals surface area (Å²) < 4.78 is 5.28. The summed E-state index contributed by atoms with van der Waals surface area (Å²) in [6, 6.07) is 8.51. The molecule has 0 atom stereocenters. The second kappa shape index (κ2) is 4.70. The van der Waals surface area contributed by atoms with Crippen LogP contribution < -0.4 is 0 Å². The Hall–Kier alpha value is -1.24. The average Bonchev–Trinajstić information content (AvgIpc) is 2.08. The van der Waals surface area contributed by atoms with E-state index < -0.39 is 0 Å². The highest BCUT2D eigenvalue weighted by molar-refractivity contribution is 5.21. The second-order valence-electron chi connectivity index (χ2n) is 3.29. The van der Waals surface area contributed by atoms with Gasteiger partial charge in [-0.1, -0.05) is 36.4 Å². The van der Waals surface area contributed by atoms with Crippen molar-refractivity contribution in [1.82, 2.24) is 0 Å². The van der Waals surface area contributed by atoms with Crippen LogP contribution in [0.25, 0.3) is 0 Å². The molecule has 0 unspecified atom stereocenters. The van der Waals surface area contributed by atoms with Gasteiger partial charge < -0.3 is 4.74 Å². The quantitative estimate of drug-likeness (QED) is 0.640. The first kappa shape index (κ1) is 9.85. The fourth-order valence-electron chi connectivity index (χ4n) is 1.10. The number of ether oxygens (including phenoxy) is 1. The molecule has 1 aromatic carbocycles. The van der Waals surface area contributed by atoms with Crippen LogP contribution in [0.2, 0.25) is 0 Å². The predicted octanol–water partition coefficient (Wildman–Crippen LogP) is 3.09. The third-order valence-electron chi connectivity index (χ3n) is 1.86. The molecule has 0 N–H and O–H groups in total. The summed E-state index contributed by atoms with van der Waals surface area (Å²) in [5.74, 6) is 0.784. The summed E-state index contributed by atoms with van der Waals surface area (Å²) in [6.45, 7) is 8.36. The van der Waals surface area contributed by atoms with Gasteiger partial charge >= 0.3 is 0 Å². The molecule has 0 radical (unpaired) electrons. The number of allylic oxidation sites excluding steroid dienone is 1. The van der Waals surface area contributed by atoms with Crippen molar-refractivity contribution in [2.24, 2.45) is 0 Å². The topological polar surface area (TPSA) is 9.23 Å². The van der Waals surface area contributed by atoms with Gasteiger partial charge in [-0.25, -0.2) is 0 Å². The van der Waals surface area contributed by atoms with E-state index in [0.29, 0.717) is 0 Å². The van der Waals surface area contributed by atoms with Gasteiger partial charge in [0.25, 0.3) is 0 Å². The zero-order valence-corrected chi connectivity index (χ0v) is 8.34. The third-order valence-corrected chi connectivity index (χ3v) is 1.86. The molecule has 1 rings (SSSR count). The second-order valence-corrected chi connectivity index (χ2v) is 3.29. The molecule has 0 aliphatic carbocycles. The van der Waals surface area contributed by atoms with E-state index in [-0.39, 0.29) is 0 Å². The Labute approximate surface area is 80.0 Å². The van der Waals surface area contributed by atoms with Gasteiger partial charge in [0.15, 0.2) is 0 Å². The number of rotatable bonds is 4. The van der Waals surface area contributed by atoms with Gasteiger partial charge in [0.2, 0.25) is 0 Å². The van der Waals surface area contributed by atoms with E-state index in [1.165, 1.54) is 11.1 Å². The Kier molecular flexibility index (Phi) is 3.56. The van der Waals surface area contributed by atoms with Crippen molar-refractivity contribution in [3.8, 4) is 0 Å². The lowest BCUT2D eigenvalue weighted by atomic mass is 10.1. The summed E-state index contributed by atoms with van der Waals surface area (Å²) in [5.41, 5.74) is 2.61. The molecule has 0 aliphatic heterocycles. The van der Waals surface area contributed by atoms with E-state index >= 15 is 0 Å². The van der Waals surface area contributed by atoms with Gasteiger partial charge in [0.1, 0.15) is 0 Å². The van der Waals surface area contributed by atoms with Crippen LogP contribution in [0, 0.1) is 6.92 Å². The first-order valence-corrected chi connectivity index (χ1v) is 4.52. The molecule has 0 spiro atoms. The molecule has 1 aromatic rings. The van der Waals surface area contributed by atoms with E-state index in [4.69, 9.17) is 4.74 Å². The summed E-state index contributed by atoms with van der Waals surface area (Å²) >= 11 is 0. The van der Waals surface area contributed by atoms with Gasteiger partial charge in [-0.15, -0.1) is 0 Å². The highest BCUT2D eigenvalue weighted by atomic mass is 16.5. The normalized spacial score (nSPS) is 9.69. The predicted molar refractivity (Wildman–Crippen MR) is 55.6 cm³/mol. The van der Waals surface area contributed by atoms with Crippen molar-refractivity contribution >= 4 is 0 Å². The Morgan fingerprint density at radius 2 is 1.92 bits per heavy atom. The van der Waals surface area contributed by atoms with Crippen LogP contribution in [-0.4, -0.2) is 6.61 Å². The maximum absolute atomic E-state index is 5.28. The lowest BCUT2D eigenvalue weighted by molar-refractivity contribution is 0.219. The molecule has 0 aliphatic rings. The Morgan fingerprint density at radius 1 is 1.31 bits per heavy atom. The molecule has 0 heterocycles. The molecular formula is C12H16O. The van der Waals surface area contributed by atoms with Gasteiger partial charge in [-0.05, 0) is 19.4 Å². The summed E-state index contributed by atoms with van der Waals surface area (Å²) in [4.78, 5) is 0. The molecule has 0 saturated carbocycles. The van der Waals surface area contributed by atoms with Crippen molar-refractivity contribution < 1.29 is 4.74 Å². The maximum atomic E-state index is 5.28. The monoisotopic (exact) mass is 176 g/mol. The molecule has 0 saturated heterocycles. The smallest absolute Gasteiger partial charge is 0.0917 e. The van der Waals surface area contributed by atoms with Crippen molar-refractivity contribution in [1.29, 1.82) is 0 Å². The standard InChI is InChI=1S/C12H16O/c1-10(2)13-9-8-12-6-4-11(3)5-7-12/h4-7H,1,8-9H2,2-3H3. The largest absolute Gasteiger partial charge is 0.499 e. The highest BCUT2D eigenvalue weighted by Crippen LogP contribution is 2.04. The van der Waals surface area contributed by atoms with E-state index in [1.807, 2.05) is 6.92 Å². The molecule has 0 bridgehead atoms. The van der Waals surface area contributed by atoms with Crippen LogP contribution in [-0.2, 0) is 11.2 Å². The van der Waals surface area contributed by atoms with Crippen LogP contribution in [0.4, 0.5) is 0 Å². The summed E-state index contributed by atoms with van der Waals surface area (Å²) in [5, 5.41) is 0. The molecule has 1 nitrogen and oxygen atoms in total. The Morgan fingerprint density at radius 3 is 2.46 bits per heavy atom. The van der Waals surface area contributed by atoms with Crippen LogP contribution in [0.1, 0.15) is 18.1 Å². The van der Waals surface area contributed by atoms with Crippen LogP contribution in [0.15, 0.2) is 36.6 Å². The fourth-order valence-corrected chi connectivity index (χ4v) is 1.10. The first-order valence-electron chi connectivity index (χ1n) is 4.52. The summed E-state index contributed by atoms with van der Waals surface area (Å²) in [7, 11) is 0. The maximum Gasteiger partial charge on any atom is 0.0917 e. The molecule has 13 heavy (non-hydrogen) atoms. The highest BCUT2D eigenvalue weighted by Gasteiger charge is 1.92. The molecule has 0 fully saturated rings. The molecule has 1 heteroatoms. The molecule has 0 amide bonds. The Bertz CT molecular complexity index is 272. The third kappa shape index (κ3) is 3.79. The van der Waals surface area contributed by atoms with E-state index in [1.54, 1.807) is 0 Å². The number of benzene rings is 1. The zero-order valence-electron chi connectivity index (χ0n) is 8.34. The SMILES string of the molecule is C=C(C)OCCc1ccc(C)cc1. The van der Waals surface area contributed by atoms with E-state index in [2.05, 4.69) is 37.8 Å². The lowest BCUT2D eigenvalue weighted by Gasteiger charge is -2.04. The first-order chi connectivity index (χ1) is 6.18. The van der Waals surface area contributed by atoms with Gasteiger partial charge in [0, 0.05) is 6.42 Å². The minimum Gasteiger partial charge on any atom is -0.499 e. The number of hydrogen-bond acceptors (Lipinski definition) is 1. The van der Waals surface area contributed by atoms with Crippen LogP contribution >= 0.6 is 0 Å². The van der Waals surface area contributed by atoms with Gasteiger partial charge in [-0.3, -0.25) is 0 Å². The van der Waals surface area contributed by atoms with Crippen molar-refractivity contribution in [3.05, 3.63) is 47.7 Å².